The number of rotatable bonds is 3. The Bertz CT molecular complexity index is 553. The zero-order valence-electron chi connectivity index (χ0n) is 14.7. The van der Waals surface area contributed by atoms with Crippen LogP contribution in [0.15, 0.2) is 11.8 Å². The number of amides is 1. The summed E-state index contributed by atoms with van der Waals surface area (Å²) in [4.78, 5) is 14.7. The Kier molecular flexibility index (Phi) is 4.16. The molecule has 2 unspecified atom stereocenters. The highest BCUT2D eigenvalue weighted by Crippen LogP contribution is 2.52. The summed E-state index contributed by atoms with van der Waals surface area (Å²) in [5, 5.41) is 12.5. The van der Waals surface area contributed by atoms with Gasteiger partial charge in [0.25, 0.3) is 5.91 Å². The van der Waals surface area contributed by atoms with Crippen molar-refractivity contribution in [1.29, 1.82) is 5.26 Å². The molecule has 4 heteroatoms. The molecule has 126 valence electrons. The molecule has 2 bridgehead atoms. The number of likely N-dealkylation sites (tertiary alicyclic amines) is 1. The third-order valence-electron chi connectivity index (χ3n) is 5.81. The second kappa shape index (κ2) is 5.85. The second-order valence-corrected chi connectivity index (χ2v) is 9.00. The van der Waals surface area contributed by atoms with Crippen molar-refractivity contribution < 1.29 is 4.79 Å². The van der Waals surface area contributed by atoms with Crippen molar-refractivity contribution in [1.82, 2.24) is 10.2 Å². The van der Waals surface area contributed by atoms with Crippen LogP contribution in [0.5, 0.6) is 0 Å². The summed E-state index contributed by atoms with van der Waals surface area (Å²) in [6.07, 6.45) is 9.82. The molecule has 0 aromatic rings. The van der Waals surface area contributed by atoms with Crippen molar-refractivity contribution in [2.45, 2.75) is 77.8 Å². The van der Waals surface area contributed by atoms with Gasteiger partial charge in [-0.25, -0.2) is 0 Å². The van der Waals surface area contributed by atoms with E-state index >= 15 is 0 Å². The maximum absolute atomic E-state index is 12.4. The Labute approximate surface area is 139 Å². The van der Waals surface area contributed by atoms with Gasteiger partial charge in [0.05, 0.1) is 0 Å². The minimum atomic E-state index is -0.190. The van der Waals surface area contributed by atoms with Gasteiger partial charge in [0.15, 0.2) is 0 Å². The molecule has 1 N–H and O–H groups in total. The largest absolute Gasteiger partial charge is 0.373 e. The molecule has 1 heterocycles. The molecule has 0 aromatic carbocycles. The fraction of sp³-hybridized carbons (Fsp3) is 0.789. The van der Waals surface area contributed by atoms with Crippen molar-refractivity contribution in [2.75, 3.05) is 6.54 Å². The quantitative estimate of drug-likeness (QED) is 0.642. The summed E-state index contributed by atoms with van der Waals surface area (Å²) in [5.74, 6) is -0.190. The average molecular weight is 315 g/mol. The number of nitriles is 1. The molecular weight excluding hydrogens is 286 g/mol. The van der Waals surface area contributed by atoms with Crippen LogP contribution in [-0.4, -0.2) is 29.4 Å². The predicted octanol–water partition coefficient (Wildman–Crippen LogP) is 3.35. The topological polar surface area (TPSA) is 56.1 Å². The van der Waals surface area contributed by atoms with Gasteiger partial charge in [0.2, 0.25) is 0 Å². The predicted molar refractivity (Wildman–Crippen MR) is 90.3 cm³/mol. The SMILES string of the molecule is CC1(C)CC2CC(C)(CN2/C=C(/C#N)C(=O)NC2CCCC2)C1. The van der Waals surface area contributed by atoms with Crippen molar-refractivity contribution in [2.24, 2.45) is 10.8 Å². The summed E-state index contributed by atoms with van der Waals surface area (Å²) >= 11 is 0. The van der Waals surface area contributed by atoms with Crippen LogP contribution >= 0.6 is 0 Å². The number of carbonyl (C=O) groups excluding carboxylic acids is 1. The number of nitrogens with one attached hydrogen (secondary N) is 1. The normalized spacial score (nSPS) is 33.6. The number of carbonyl (C=O) groups is 1. The van der Waals surface area contributed by atoms with Crippen molar-refractivity contribution in [3.8, 4) is 6.07 Å². The Balaban J connectivity index is 1.71. The summed E-state index contributed by atoms with van der Waals surface area (Å²) in [7, 11) is 0. The number of hydrogen-bond donors (Lipinski definition) is 1. The van der Waals surface area contributed by atoms with Crippen LogP contribution in [-0.2, 0) is 4.79 Å². The van der Waals surface area contributed by atoms with Gasteiger partial charge in [0.1, 0.15) is 11.6 Å². The lowest BCUT2D eigenvalue weighted by molar-refractivity contribution is -0.117. The summed E-state index contributed by atoms with van der Waals surface area (Å²) in [6.45, 7) is 7.98. The first-order chi connectivity index (χ1) is 10.8. The van der Waals surface area contributed by atoms with Crippen LogP contribution in [0.3, 0.4) is 0 Å². The zero-order chi connectivity index (χ0) is 16.7. The number of nitrogens with zero attached hydrogens (tertiary/aromatic N) is 2. The van der Waals surface area contributed by atoms with Crippen LogP contribution in [0.2, 0.25) is 0 Å². The Morgan fingerprint density at radius 3 is 2.61 bits per heavy atom. The van der Waals surface area contributed by atoms with E-state index < -0.39 is 0 Å². The van der Waals surface area contributed by atoms with E-state index in [0.717, 1.165) is 25.8 Å². The van der Waals surface area contributed by atoms with Crippen LogP contribution in [0, 0.1) is 22.2 Å². The van der Waals surface area contributed by atoms with Crippen LogP contribution in [0.4, 0.5) is 0 Å². The van der Waals surface area contributed by atoms with E-state index in [9.17, 15) is 10.1 Å². The lowest BCUT2D eigenvalue weighted by Crippen LogP contribution is -2.35. The molecule has 1 amide bonds. The molecular formula is C19H29N3O. The fourth-order valence-electron chi connectivity index (χ4n) is 5.29. The smallest absolute Gasteiger partial charge is 0.263 e. The molecule has 2 aliphatic carbocycles. The maximum atomic E-state index is 12.4. The van der Waals surface area contributed by atoms with E-state index in [-0.39, 0.29) is 17.5 Å². The van der Waals surface area contributed by atoms with Gasteiger partial charge in [-0.15, -0.1) is 0 Å². The molecule has 2 saturated carbocycles. The molecule has 4 nitrogen and oxygen atoms in total. The summed E-state index contributed by atoms with van der Waals surface area (Å²) in [5.41, 5.74) is 0.927. The summed E-state index contributed by atoms with van der Waals surface area (Å²) < 4.78 is 0. The van der Waals surface area contributed by atoms with Crippen molar-refractivity contribution in [3.63, 3.8) is 0 Å². The summed E-state index contributed by atoms with van der Waals surface area (Å²) in [6, 6.07) is 2.85. The van der Waals surface area contributed by atoms with Gasteiger partial charge in [-0.3, -0.25) is 4.79 Å². The molecule has 0 radical (unpaired) electrons. The molecule has 1 aliphatic heterocycles. The van der Waals surface area contributed by atoms with Crippen LogP contribution < -0.4 is 5.32 Å². The van der Waals surface area contributed by atoms with E-state index in [2.05, 4.69) is 37.1 Å². The standard InChI is InChI=1S/C19H29N3O/c1-18(2)8-16-9-19(3,12-18)13-22(16)11-14(10-20)17(23)21-15-6-4-5-7-15/h11,15-16H,4-9,12-13H2,1-3H3,(H,21,23)/b14-11-. The van der Waals surface area contributed by atoms with E-state index in [4.69, 9.17) is 0 Å². The first-order valence-electron chi connectivity index (χ1n) is 8.99. The first-order valence-corrected chi connectivity index (χ1v) is 8.99. The van der Waals surface area contributed by atoms with Gasteiger partial charge in [-0.2, -0.15) is 5.26 Å². The van der Waals surface area contributed by atoms with E-state index in [0.29, 0.717) is 16.9 Å². The minimum absolute atomic E-state index is 0.190. The molecule has 23 heavy (non-hydrogen) atoms. The van der Waals surface area contributed by atoms with Gasteiger partial charge in [-0.1, -0.05) is 33.6 Å². The number of hydrogen-bond acceptors (Lipinski definition) is 3. The first kappa shape index (κ1) is 16.4. The molecule has 1 saturated heterocycles. The monoisotopic (exact) mass is 315 g/mol. The Morgan fingerprint density at radius 2 is 1.96 bits per heavy atom. The van der Waals surface area contributed by atoms with Gasteiger partial charge < -0.3 is 10.2 Å². The Morgan fingerprint density at radius 1 is 1.26 bits per heavy atom. The molecule has 0 aromatic heterocycles. The van der Waals surface area contributed by atoms with E-state index in [1.807, 2.05) is 6.20 Å². The number of fused-ring (bicyclic) bond motifs is 2. The average Bonchev–Trinajstić information content (AvgIpc) is 3.01. The van der Waals surface area contributed by atoms with Gasteiger partial charge in [-0.05, 0) is 42.9 Å². The Hall–Kier alpha value is -1.50. The zero-order valence-corrected chi connectivity index (χ0v) is 14.7. The highest BCUT2D eigenvalue weighted by Gasteiger charge is 2.48. The van der Waals surface area contributed by atoms with Crippen LogP contribution in [0.25, 0.3) is 0 Å². The molecule has 2 atom stereocenters. The van der Waals surface area contributed by atoms with Gasteiger partial charge >= 0.3 is 0 Å². The molecule has 3 rings (SSSR count). The maximum Gasteiger partial charge on any atom is 0.263 e. The molecule has 3 fully saturated rings. The van der Waals surface area contributed by atoms with Crippen LogP contribution in [0.1, 0.15) is 65.7 Å². The molecule has 3 aliphatic rings. The highest BCUT2D eigenvalue weighted by molar-refractivity contribution is 5.97. The van der Waals surface area contributed by atoms with Crippen molar-refractivity contribution in [3.05, 3.63) is 11.8 Å². The minimum Gasteiger partial charge on any atom is -0.373 e. The highest BCUT2D eigenvalue weighted by atomic mass is 16.1. The molecule has 0 spiro atoms. The lowest BCUT2D eigenvalue weighted by atomic mass is 9.65. The van der Waals surface area contributed by atoms with Gasteiger partial charge in [0, 0.05) is 24.8 Å². The lowest BCUT2D eigenvalue weighted by Gasteiger charge is -2.39. The van der Waals surface area contributed by atoms with Crippen molar-refractivity contribution >= 4 is 5.91 Å². The third-order valence-corrected chi connectivity index (χ3v) is 5.81. The second-order valence-electron chi connectivity index (χ2n) is 9.00. The van der Waals surface area contributed by atoms with E-state index in [1.54, 1.807) is 0 Å². The fourth-order valence-corrected chi connectivity index (χ4v) is 5.29. The third kappa shape index (κ3) is 3.54. The van der Waals surface area contributed by atoms with E-state index in [1.165, 1.54) is 25.7 Å².